The summed E-state index contributed by atoms with van der Waals surface area (Å²) in [6.07, 6.45) is -0.240. The van der Waals surface area contributed by atoms with Gasteiger partial charge in [-0.25, -0.2) is 4.98 Å². The first-order valence-electron chi connectivity index (χ1n) is 22.0. The van der Waals surface area contributed by atoms with Crippen molar-refractivity contribution in [1.82, 2.24) is 4.98 Å². The number of benzene rings is 8. The zero-order valence-corrected chi connectivity index (χ0v) is 42.5. The number of nitrogens with zero attached hydrogens (tertiary/aromatic N) is 2. The number of hydrogen-bond acceptors (Lipinski definition) is 8. The summed E-state index contributed by atoms with van der Waals surface area (Å²) in [5, 5.41) is 36.2. The molecule has 0 aliphatic rings. The zero-order chi connectivity index (χ0) is 50.6. The Morgan fingerprint density at radius 1 is 0.535 bits per heavy atom. The maximum absolute atomic E-state index is 10.8. The van der Waals surface area contributed by atoms with E-state index in [1.807, 2.05) is 72.8 Å². The van der Waals surface area contributed by atoms with E-state index in [9.17, 15) is 14.7 Å². The molecule has 1 heterocycles. The van der Waals surface area contributed by atoms with Crippen LogP contribution in [-0.4, -0.2) is 28.1 Å². The Morgan fingerprint density at radius 3 is 1.55 bits per heavy atom. The molecular weight excluding hydrogens is 1020 g/mol. The highest BCUT2D eigenvalue weighted by Gasteiger charge is 2.22. The molecule has 10 nitrogen and oxygen atoms in total. The molecule has 8 aromatic carbocycles. The van der Waals surface area contributed by atoms with Crippen LogP contribution < -0.4 is 30.9 Å². The number of fused-ring (bicyclic) bond motifs is 2. The van der Waals surface area contributed by atoms with E-state index in [4.69, 9.17) is 79.7 Å². The first-order valence-corrected chi connectivity index (χ1v) is 24.2. The summed E-state index contributed by atoms with van der Waals surface area (Å²) >= 11 is 36.5. The highest BCUT2D eigenvalue weighted by atomic mass is 35.5. The molecule has 9 rings (SSSR count). The first-order chi connectivity index (χ1) is 34.1. The number of carboxylic acids is 2. The summed E-state index contributed by atoms with van der Waals surface area (Å²) in [5.74, 6) is -2.03. The van der Waals surface area contributed by atoms with E-state index in [-0.39, 0.29) is 18.9 Å². The number of aliphatic carboxylic acids is 2. The van der Waals surface area contributed by atoms with Gasteiger partial charge in [-0.2, -0.15) is 0 Å². The maximum atomic E-state index is 10.8. The topological polar surface area (TPSA) is 142 Å². The van der Waals surface area contributed by atoms with Gasteiger partial charge in [0, 0.05) is 69.8 Å². The van der Waals surface area contributed by atoms with E-state index < -0.39 is 11.9 Å². The predicted octanol–water partition coefficient (Wildman–Crippen LogP) is 14.9. The van der Waals surface area contributed by atoms with E-state index in [1.165, 1.54) is 0 Å². The molecule has 0 spiro atoms. The van der Waals surface area contributed by atoms with Gasteiger partial charge in [0.2, 0.25) is 16.7 Å². The van der Waals surface area contributed by atoms with Crippen LogP contribution in [0.25, 0.3) is 27.8 Å². The number of halogens is 6. The fourth-order valence-electron chi connectivity index (χ4n) is 7.36. The lowest BCUT2D eigenvalue weighted by molar-refractivity contribution is -0.538. The summed E-state index contributed by atoms with van der Waals surface area (Å²) in [7, 11) is 0. The third-order valence-corrected chi connectivity index (χ3v) is 12.3. The second kappa shape index (κ2) is 24.4. The summed E-state index contributed by atoms with van der Waals surface area (Å²) in [5.41, 5.74) is 11.5. The Hall–Kier alpha value is -6.76. The highest BCUT2D eigenvalue weighted by Crippen LogP contribution is 2.36. The fraction of sp³-hybridized carbons (Fsp3) is 0.0909. The molecule has 0 radical (unpaired) electrons. The number of nitrogens with one attached hydrogen (secondary N) is 4. The van der Waals surface area contributed by atoms with E-state index in [1.54, 1.807) is 78.9 Å². The normalized spacial score (nSPS) is 10.7. The molecule has 360 valence electrons. The van der Waals surface area contributed by atoms with Gasteiger partial charge in [-0.05, 0) is 110 Å². The van der Waals surface area contributed by atoms with Gasteiger partial charge in [0.15, 0.2) is 0 Å². The van der Waals surface area contributed by atoms with Gasteiger partial charge < -0.3 is 36.3 Å². The molecule has 1 aromatic heterocycles. The van der Waals surface area contributed by atoms with Crippen molar-refractivity contribution in [2.24, 2.45) is 0 Å². The number of aromatic nitrogens is 2. The monoisotopic (exact) mass is 1060 g/mol. The van der Waals surface area contributed by atoms with E-state index in [2.05, 4.69) is 57.9 Å². The Labute approximate surface area is 440 Å². The van der Waals surface area contributed by atoms with Gasteiger partial charge in [-0.15, -0.1) is 4.57 Å². The molecule has 0 aliphatic heterocycles. The lowest BCUT2D eigenvalue weighted by atomic mass is 10.1. The largest absolute Gasteiger partial charge is 0.550 e. The van der Waals surface area contributed by atoms with Crippen molar-refractivity contribution in [1.29, 1.82) is 0 Å². The minimum atomic E-state index is -1.14. The average Bonchev–Trinajstić information content (AvgIpc) is 3.33. The van der Waals surface area contributed by atoms with Gasteiger partial charge in [-0.3, -0.25) is 4.79 Å². The number of carboxylic acid groups (broad SMARTS) is 2. The van der Waals surface area contributed by atoms with Crippen LogP contribution in [0.15, 0.2) is 170 Å². The van der Waals surface area contributed by atoms with Crippen LogP contribution in [0, 0.1) is 0 Å². The number of para-hydroxylation sites is 6. The lowest BCUT2D eigenvalue weighted by Crippen LogP contribution is -2.33. The van der Waals surface area contributed by atoms with Crippen LogP contribution in [0.1, 0.15) is 25.0 Å². The number of carbonyl (C=O) groups excluding carboxylic acids is 1. The molecule has 9 aromatic rings. The number of rotatable bonds is 13. The third-order valence-electron chi connectivity index (χ3n) is 10.5. The smallest absolute Gasteiger partial charge is 0.307 e. The van der Waals surface area contributed by atoms with Gasteiger partial charge >= 0.3 is 5.97 Å². The van der Waals surface area contributed by atoms with Crippen molar-refractivity contribution < 1.29 is 24.4 Å². The van der Waals surface area contributed by atoms with Crippen LogP contribution in [0.5, 0.6) is 0 Å². The van der Waals surface area contributed by atoms with Gasteiger partial charge in [0.05, 0.1) is 49.3 Å². The van der Waals surface area contributed by atoms with Crippen molar-refractivity contribution in [2.75, 3.05) is 21.3 Å². The zero-order valence-electron chi connectivity index (χ0n) is 38.0. The lowest BCUT2D eigenvalue weighted by Gasteiger charge is -2.17. The molecule has 0 atom stereocenters. The Kier molecular flexibility index (Phi) is 17.9. The van der Waals surface area contributed by atoms with E-state index in [0.29, 0.717) is 64.0 Å². The van der Waals surface area contributed by atoms with Crippen LogP contribution in [0.3, 0.4) is 0 Å². The molecule has 0 saturated heterocycles. The second-order valence-corrected chi connectivity index (χ2v) is 18.6. The highest BCUT2D eigenvalue weighted by molar-refractivity contribution is 6.40. The Bertz CT molecular complexity index is 3190. The van der Waals surface area contributed by atoms with Gasteiger partial charge in [0.25, 0.3) is 0 Å². The quantitative estimate of drug-likeness (QED) is 0.0563. The van der Waals surface area contributed by atoms with Crippen LogP contribution in [-0.2, 0) is 22.4 Å². The maximum Gasteiger partial charge on any atom is 0.307 e. The van der Waals surface area contributed by atoms with E-state index >= 15 is 0 Å². The minimum absolute atomic E-state index is 0.0642. The molecule has 71 heavy (non-hydrogen) atoms. The third kappa shape index (κ3) is 14.0. The Morgan fingerprint density at radius 2 is 1.03 bits per heavy atom. The molecule has 0 amide bonds. The molecule has 16 heteroatoms. The summed E-state index contributed by atoms with van der Waals surface area (Å²) < 4.78 is 2.23. The molecule has 0 unspecified atom stereocenters. The number of hydrogen-bond donors (Lipinski definition) is 5. The van der Waals surface area contributed by atoms with Crippen molar-refractivity contribution in [3.05, 3.63) is 211 Å². The molecule has 5 N–H and O–H groups in total. The fourth-order valence-corrected chi connectivity index (χ4v) is 8.59. The molecule has 0 fully saturated rings. The number of anilines is 7. The van der Waals surface area contributed by atoms with Crippen LogP contribution >= 0.6 is 69.6 Å². The Balaban J connectivity index is 0.000000168. The van der Waals surface area contributed by atoms with Crippen molar-refractivity contribution in [2.45, 2.75) is 32.7 Å². The second-order valence-electron chi connectivity index (χ2n) is 16.1. The summed E-state index contributed by atoms with van der Waals surface area (Å²) in [4.78, 5) is 26.5. The molecule has 0 aliphatic carbocycles. The average molecular weight is 1070 g/mol. The SMILES string of the molecule is CC(C)Nc1cc2c(cc1Nc1ccc(Cl)cc1)nc1ccccc1[n+]2-c1ccc(Cl)cc1.O=C(O)Cc1ccccc1Nc1c(Cl)cccc1Cl.O=C([O-])Cc1ccccc1Nc1c(Cl)cccc1Cl. The molecule has 0 bridgehead atoms. The predicted molar refractivity (Wildman–Crippen MR) is 292 cm³/mol. The van der Waals surface area contributed by atoms with Crippen LogP contribution in [0.4, 0.5) is 39.8 Å². The minimum Gasteiger partial charge on any atom is -0.550 e. The molecule has 0 saturated carbocycles. The molecular formula is C55H44Cl6N6O4. The number of carbonyl (C=O) groups is 2. The first kappa shape index (κ1) is 52.1. The van der Waals surface area contributed by atoms with Crippen molar-refractivity contribution >= 4 is 143 Å². The standard InChI is InChI=1S/C27H22Cl2N4.2C14H11Cl2NO2/c1-17(2)30-24-16-27-25(15-23(24)31-20-11-7-18(28)8-12-20)32-22-5-3-4-6-26(22)33(27)21-13-9-19(29)10-14-21;2*15-10-5-3-6-11(16)14(10)17-12-7-2-1-4-9(12)8-13(18)19/h3-17H,1-2H3,(H,31,32);2*1-7,17H,8H2,(H,18,19). The van der Waals surface area contributed by atoms with Crippen LogP contribution in [0.2, 0.25) is 30.1 Å². The van der Waals surface area contributed by atoms with Gasteiger partial charge in [0.1, 0.15) is 11.0 Å². The van der Waals surface area contributed by atoms with E-state index in [0.717, 1.165) is 44.8 Å². The van der Waals surface area contributed by atoms with Crippen molar-refractivity contribution in [3.8, 4) is 5.69 Å². The van der Waals surface area contributed by atoms with Gasteiger partial charge in [-0.1, -0.05) is 130 Å². The van der Waals surface area contributed by atoms with Crippen molar-refractivity contribution in [3.63, 3.8) is 0 Å². The summed E-state index contributed by atoms with van der Waals surface area (Å²) in [6, 6.07) is 52.8. The summed E-state index contributed by atoms with van der Waals surface area (Å²) in [6.45, 7) is 4.25.